The highest BCUT2D eigenvalue weighted by molar-refractivity contribution is 7.89. The highest BCUT2D eigenvalue weighted by Crippen LogP contribution is 2.21. The van der Waals surface area contributed by atoms with E-state index in [1.54, 1.807) is 32.9 Å². The molecule has 0 bridgehead atoms. The topological polar surface area (TPSA) is 75.7 Å². The summed E-state index contributed by atoms with van der Waals surface area (Å²) in [5.41, 5.74) is 0.992. The monoisotopic (exact) mass is 384 g/mol. The van der Waals surface area contributed by atoms with Gasteiger partial charge in [-0.05, 0) is 37.5 Å². The van der Waals surface area contributed by atoms with Crippen molar-refractivity contribution >= 4 is 15.9 Å². The first-order valence-electron chi connectivity index (χ1n) is 9.35. The summed E-state index contributed by atoms with van der Waals surface area (Å²) in [4.78, 5) is 12.5. The molecular weight excluding hydrogens is 352 g/mol. The maximum absolute atomic E-state index is 12.8. The number of sulfonamides is 1. The van der Waals surface area contributed by atoms with Gasteiger partial charge < -0.3 is 10.1 Å². The van der Waals surface area contributed by atoms with Crippen molar-refractivity contribution in [2.24, 2.45) is 0 Å². The second kappa shape index (κ2) is 11.3. The standard InChI is InChI=1S/C19H32N2O4S/c1-5-8-13-25-14-9-12-20-19(22)17-11-10-16(4)18(15-17)26(23,24)21(6-2)7-3/h10-11,15H,5-9,12-14H2,1-4H3,(H,20,22). The van der Waals surface area contributed by atoms with Gasteiger partial charge in [-0.2, -0.15) is 4.31 Å². The molecule has 0 radical (unpaired) electrons. The molecule has 148 valence electrons. The third-order valence-electron chi connectivity index (χ3n) is 4.17. The highest BCUT2D eigenvalue weighted by Gasteiger charge is 2.24. The molecule has 1 aromatic carbocycles. The Hall–Kier alpha value is -1.44. The average molecular weight is 385 g/mol. The van der Waals surface area contributed by atoms with Gasteiger partial charge in [0.2, 0.25) is 10.0 Å². The number of ether oxygens (including phenoxy) is 1. The molecule has 6 nitrogen and oxygen atoms in total. The van der Waals surface area contributed by atoms with Crippen LogP contribution in [0.2, 0.25) is 0 Å². The Labute approximate surface area is 158 Å². The number of unbranched alkanes of at least 4 members (excludes halogenated alkanes) is 1. The van der Waals surface area contributed by atoms with E-state index in [0.29, 0.717) is 37.4 Å². The molecule has 1 rings (SSSR count). The second-order valence-electron chi connectivity index (χ2n) is 6.14. The lowest BCUT2D eigenvalue weighted by Gasteiger charge is -2.20. The van der Waals surface area contributed by atoms with Crippen molar-refractivity contribution in [1.29, 1.82) is 0 Å². The fraction of sp³-hybridized carbons (Fsp3) is 0.632. The number of rotatable bonds is 12. The van der Waals surface area contributed by atoms with Crippen molar-refractivity contribution < 1.29 is 17.9 Å². The van der Waals surface area contributed by atoms with E-state index in [2.05, 4.69) is 12.2 Å². The van der Waals surface area contributed by atoms with Gasteiger partial charge in [-0.1, -0.05) is 33.3 Å². The summed E-state index contributed by atoms with van der Waals surface area (Å²) in [5, 5.41) is 2.82. The van der Waals surface area contributed by atoms with Crippen molar-refractivity contribution in [2.75, 3.05) is 32.8 Å². The molecule has 0 fully saturated rings. The number of amides is 1. The van der Waals surface area contributed by atoms with Gasteiger partial charge in [0.05, 0.1) is 4.90 Å². The van der Waals surface area contributed by atoms with Crippen LogP contribution in [0.4, 0.5) is 0 Å². The van der Waals surface area contributed by atoms with E-state index in [-0.39, 0.29) is 10.8 Å². The van der Waals surface area contributed by atoms with Crippen molar-refractivity contribution in [1.82, 2.24) is 9.62 Å². The molecule has 7 heteroatoms. The quantitative estimate of drug-likeness (QED) is 0.562. The van der Waals surface area contributed by atoms with Gasteiger partial charge in [-0.15, -0.1) is 0 Å². The molecule has 0 aliphatic carbocycles. The van der Waals surface area contributed by atoms with Crippen molar-refractivity contribution in [3.63, 3.8) is 0 Å². The van der Waals surface area contributed by atoms with Gasteiger partial charge in [-0.3, -0.25) is 4.79 Å². The van der Waals surface area contributed by atoms with E-state index in [0.717, 1.165) is 25.9 Å². The summed E-state index contributed by atoms with van der Waals surface area (Å²) < 4.78 is 32.4. The molecule has 0 saturated carbocycles. The molecule has 0 atom stereocenters. The number of aryl methyl sites for hydroxylation is 1. The minimum absolute atomic E-state index is 0.191. The van der Waals surface area contributed by atoms with Crippen LogP contribution >= 0.6 is 0 Å². The lowest BCUT2D eigenvalue weighted by atomic mass is 10.1. The summed E-state index contributed by atoms with van der Waals surface area (Å²) in [6.45, 7) is 10.1. The van der Waals surface area contributed by atoms with Gasteiger partial charge >= 0.3 is 0 Å². The zero-order valence-corrected chi connectivity index (χ0v) is 17.2. The SMILES string of the molecule is CCCCOCCCNC(=O)c1ccc(C)c(S(=O)(=O)N(CC)CC)c1. The fourth-order valence-corrected chi connectivity index (χ4v) is 4.26. The van der Waals surface area contributed by atoms with Crippen LogP contribution in [0.25, 0.3) is 0 Å². The molecule has 0 saturated heterocycles. The zero-order valence-electron chi connectivity index (χ0n) is 16.4. The second-order valence-corrected chi connectivity index (χ2v) is 8.05. The molecule has 1 N–H and O–H groups in total. The van der Waals surface area contributed by atoms with E-state index in [9.17, 15) is 13.2 Å². The first-order chi connectivity index (χ1) is 12.4. The lowest BCUT2D eigenvalue weighted by Crippen LogP contribution is -2.31. The molecule has 1 aromatic rings. The number of nitrogens with one attached hydrogen (secondary N) is 1. The predicted molar refractivity (Wildman–Crippen MR) is 104 cm³/mol. The average Bonchev–Trinajstić information content (AvgIpc) is 2.61. The van der Waals surface area contributed by atoms with Crippen LogP contribution in [0.3, 0.4) is 0 Å². The number of hydrogen-bond donors (Lipinski definition) is 1. The zero-order chi connectivity index (χ0) is 19.6. The van der Waals surface area contributed by atoms with Gasteiger partial charge in [0, 0.05) is 38.4 Å². The Morgan fingerprint density at radius 1 is 1.12 bits per heavy atom. The number of carbonyl (C=O) groups excluding carboxylic acids is 1. The smallest absolute Gasteiger partial charge is 0.251 e. The number of hydrogen-bond acceptors (Lipinski definition) is 4. The molecule has 0 heterocycles. The molecule has 0 unspecified atom stereocenters. The van der Waals surface area contributed by atoms with E-state index >= 15 is 0 Å². The first-order valence-corrected chi connectivity index (χ1v) is 10.8. The Morgan fingerprint density at radius 3 is 2.38 bits per heavy atom. The van der Waals surface area contributed by atoms with Crippen LogP contribution < -0.4 is 5.32 Å². The number of carbonyl (C=O) groups is 1. The Balaban J connectivity index is 2.73. The van der Waals surface area contributed by atoms with Crippen LogP contribution in [-0.4, -0.2) is 51.5 Å². The van der Waals surface area contributed by atoms with Crippen LogP contribution in [0.15, 0.2) is 23.1 Å². The molecule has 26 heavy (non-hydrogen) atoms. The van der Waals surface area contributed by atoms with Crippen LogP contribution in [0.1, 0.15) is 56.0 Å². The molecule has 1 amide bonds. The van der Waals surface area contributed by atoms with E-state index < -0.39 is 10.0 Å². The van der Waals surface area contributed by atoms with E-state index in [4.69, 9.17) is 4.74 Å². The van der Waals surface area contributed by atoms with Crippen LogP contribution in [0.5, 0.6) is 0 Å². The largest absolute Gasteiger partial charge is 0.381 e. The molecule has 0 aromatic heterocycles. The normalized spacial score (nSPS) is 11.7. The van der Waals surface area contributed by atoms with E-state index in [1.165, 1.54) is 10.4 Å². The maximum Gasteiger partial charge on any atom is 0.251 e. The van der Waals surface area contributed by atoms with Gasteiger partial charge in [0.15, 0.2) is 0 Å². The van der Waals surface area contributed by atoms with Crippen molar-refractivity contribution in [3.8, 4) is 0 Å². The molecular formula is C19H32N2O4S. The van der Waals surface area contributed by atoms with Gasteiger partial charge in [-0.25, -0.2) is 8.42 Å². The molecule has 0 spiro atoms. The molecule has 0 aliphatic heterocycles. The summed E-state index contributed by atoms with van der Waals surface area (Å²) in [6, 6.07) is 4.80. The number of benzene rings is 1. The van der Waals surface area contributed by atoms with Gasteiger partial charge in [0.25, 0.3) is 5.91 Å². The fourth-order valence-electron chi connectivity index (χ4n) is 2.55. The Morgan fingerprint density at radius 2 is 1.77 bits per heavy atom. The van der Waals surface area contributed by atoms with Crippen LogP contribution in [-0.2, 0) is 14.8 Å². The Kier molecular flexibility index (Phi) is 9.83. The van der Waals surface area contributed by atoms with Crippen molar-refractivity contribution in [2.45, 2.75) is 51.9 Å². The first kappa shape index (κ1) is 22.6. The third kappa shape index (κ3) is 6.37. The minimum atomic E-state index is -3.59. The maximum atomic E-state index is 12.8. The summed E-state index contributed by atoms with van der Waals surface area (Å²) in [5.74, 6) is -0.269. The van der Waals surface area contributed by atoms with Gasteiger partial charge in [0.1, 0.15) is 0 Å². The summed E-state index contributed by atoms with van der Waals surface area (Å²) >= 11 is 0. The summed E-state index contributed by atoms with van der Waals surface area (Å²) in [6.07, 6.45) is 2.87. The summed E-state index contributed by atoms with van der Waals surface area (Å²) in [7, 11) is -3.59. The molecule has 0 aliphatic rings. The number of nitrogens with zero attached hydrogens (tertiary/aromatic N) is 1. The minimum Gasteiger partial charge on any atom is -0.381 e. The Bertz CT molecular complexity index is 670. The highest BCUT2D eigenvalue weighted by atomic mass is 32.2. The van der Waals surface area contributed by atoms with Crippen LogP contribution in [0, 0.1) is 6.92 Å². The van der Waals surface area contributed by atoms with E-state index in [1.807, 2.05) is 0 Å². The lowest BCUT2D eigenvalue weighted by molar-refractivity contribution is 0.0940. The predicted octanol–water partition coefficient (Wildman–Crippen LogP) is 2.96. The van der Waals surface area contributed by atoms with Crippen molar-refractivity contribution in [3.05, 3.63) is 29.3 Å². The third-order valence-corrected chi connectivity index (χ3v) is 6.36.